The predicted octanol–water partition coefficient (Wildman–Crippen LogP) is 0.147. The van der Waals surface area contributed by atoms with E-state index in [2.05, 4.69) is 15.4 Å². The molecule has 1 atom stereocenters. The van der Waals surface area contributed by atoms with E-state index >= 15 is 0 Å². The molecular formula is C9H13ClN2O4. The van der Waals surface area contributed by atoms with Gasteiger partial charge in [-0.05, 0) is 19.3 Å². The first-order valence-electron chi connectivity index (χ1n) is 4.98. The number of amides is 2. The molecule has 1 fully saturated rings. The number of carbonyl (C=O) groups is 3. The zero-order chi connectivity index (χ0) is 12.0. The van der Waals surface area contributed by atoms with Crippen LogP contribution in [0, 0.1) is 0 Å². The Hall–Kier alpha value is -1.30. The number of ether oxygens (including phenoxy) is 1. The number of halogens is 1. The van der Waals surface area contributed by atoms with Crippen molar-refractivity contribution < 1.29 is 19.1 Å². The lowest BCUT2D eigenvalue weighted by atomic mass is 10.1. The van der Waals surface area contributed by atoms with E-state index in [1.807, 2.05) is 0 Å². The number of alkyl carbamates (subject to hydrolysis) is 1. The molecule has 1 heterocycles. The zero-order valence-electron chi connectivity index (χ0n) is 8.62. The third kappa shape index (κ3) is 4.06. The van der Waals surface area contributed by atoms with E-state index in [9.17, 15) is 14.4 Å². The van der Waals surface area contributed by atoms with Crippen molar-refractivity contribution in [1.29, 1.82) is 0 Å². The zero-order valence-corrected chi connectivity index (χ0v) is 9.38. The van der Waals surface area contributed by atoms with Crippen LogP contribution in [0.1, 0.15) is 19.3 Å². The number of hydrogen-bond donors (Lipinski definition) is 2. The highest BCUT2D eigenvalue weighted by Gasteiger charge is 2.31. The van der Waals surface area contributed by atoms with Crippen LogP contribution < -0.4 is 10.6 Å². The Kier molecular flexibility index (Phi) is 5.04. The molecule has 0 aromatic heterocycles. The van der Waals surface area contributed by atoms with Crippen LogP contribution in [-0.4, -0.2) is 36.4 Å². The van der Waals surface area contributed by atoms with Crippen LogP contribution in [0.2, 0.25) is 0 Å². The summed E-state index contributed by atoms with van der Waals surface area (Å²) in [5.74, 6) is -0.796. The van der Waals surface area contributed by atoms with E-state index in [4.69, 9.17) is 11.6 Å². The molecule has 0 spiro atoms. The number of hydrogen-bond acceptors (Lipinski definition) is 4. The lowest BCUT2D eigenvalue weighted by molar-refractivity contribution is -0.135. The Labute approximate surface area is 97.7 Å². The molecule has 6 nitrogen and oxygen atoms in total. The van der Waals surface area contributed by atoms with Gasteiger partial charge in [0.1, 0.15) is 11.9 Å². The molecule has 0 aromatic carbocycles. The van der Waals surface area contributed by atoms with Crippen LogP contribution >= 0.6 is 11.6 Å². The maximum absolute atomic E-state index is 11.0. The third-order valence-electron chi connectivity index (χ3n) is 2.13. The van der Waals surface area contributed by atoms with Gasteiger partial charge in [0, 0.05) is 6.54 Å². The van der Waals surface area contributed by atoms with Gasteiger partial charge in [0.2, 0.25) is 5.91 Å². The van der Waals surface area contributed by atoms with E-state index in [1.54, 1.807) is 0 Å². The quantitative estimate of drug-likeness (QED) is 0.303. The predicted molar refractivity (Wildman–Crippen MR) is 56.0 cm³/mol. The number of alkyl halides is 1. The molecule has 0 saturated carbocycles. The minimum atomic E-state index is -0.689. The van der Waals surface area contributed by atoms with Gasteiger partial charge >= 0.3 is 12.1 Å². The first-order chi connectivity index (χ1) is 7.63. The van der Waals surface area contributed by atoms with Crippen LogP contribution in [0.3, 0.4) is 0 Å². The average molecular weight is 249 g/mol. The fourth-order valence-electron chi connectivity index (χ4n) is 1.33. The Morgan fingerprint density at radius 3 is 2.75 bits per heavy atom. The molecule has 1 saturated heterocycles. The molecule has 0 radical (unpaired) electrons. The largest absolute Gasteiger partial charge is 0.415 e. The van der Waals surface area contributed by atoms with Crippen molar-refractivity contribution in [3.63, 3.8) is 0 Å². The van der Waals surface area contributed by atoms with Gasteiger partial charge in [-0.1, -0.05) is 0 Å². The highest BCUT2D eigenvalue weighted by molar-refractivity contribution is 6.27. The van der Waals surface area contributed by atoms with Gasteiger partial charge in [-0.3, -0.25) is 4.79 Å². The molecule has 2 amide bonds. The minimum Gasteiger partial charge on any atom is -0.375 e. The van der Waals surface area contributed by atoms with Gasteiger partial charge in [0.05, 0.1) is 0 Å². The van der Waals surface area contributed by atoms with E-state index in [-0.39, 0.29) is 11.8 Å². The van der Waals surface area contributed by atoms with E-state index in [1.165, 1.54) is 0 Å². The number of rotatable bonds is 6. The van der Waals surface area contributed by atoms with Gasteiger partial charge < -0.3 is 15.4 Å². The van der Waals surface area contributed by atoms with Crippen molar-refractivity contribution in [2.75, 3.05) is 12.4 Å². The molecular weight excluding hydrogens is 236 g/mol. The molecule has 1 aliphatic heterocycles. The van der Waals surface area contributed by atoms with Gasteiger partial charge in [-0.2, -0.15) is 0 Å². The van der Waals surface area contributed by atoms with E-state index in [0.29, 0.717) is 19.4 Å². The van der Waals surface area contributed by atoms with Crippen molar-refractivity contribution in [1.82, 2.24) is 10.6 Å². The van der Waals surface area contributed by atoms with Crippen LogP contribution in [0.15, 0.2) is 0 Å². The first kappa shape index (κ1) is 12.8. The second-order valence-corrected chi connectivity index (χ2v) is 3.65. The molecule has 1 rings (SSSR count). The summed E-state index contributed by atoms with van der Waals surface area (Å²) < 4.78 is 4.31. The summed E-state index contributed by atoms with van der Waals surface area (Å²) in [6.45, 7) is 0.515. The second kappa shape index (κ2) is 6.32. The lowest BCUT2D eigenvalue weighted by Crippen LogP contribution is -2.29. The summed E-state index contributed by atoms with van der Waals surface area (Å²) in [5.41, 5.74) is 0. The second-order valence-electron chi connectivity index (χ2n) is 3.38. The topological polar surface area (TPSA) is 84.5 Å². The Balaban J connectivity index is 2.05. The van der Waals surface area contributed by atoms with Crippen LogP contribution in [0.5, 0.6) is 0 Å². The van der Waals surface area contributed by atoms with Crippen molar-refractivity contribution in [3.8, 4) is 0 Å². The summed E-state index contributed by atoms with van der Waals surface area (Å²) >= 11 is 5.28. The standard InChI is InChI=1S/C9H13ClN2O4/c10-5-7(13)11-4-2-1-3-6-8(14)16-9(15)12-6/h6H,1-5H2,(H,11,13)(H,12,15)/t6-/m0/s1. The number of carbonyl (C=O) groups excluding carboxylic acids is 3. The summed E-state index contributed by atoms with van der Waals surface area (Å²) in [6, 6.07) is -0.545. The molecule has 1 aliphatic rings. The van der Waals surface area contributed by atoms with Gasteiger partial charge in [0.15, 0.2) is 0 Å². The minimum absolute atomic E-state index is 0.0506. The van der Waals surface area contributed by atoms with Gasteiger partial charge in [-0.15, -0.1) is 11.6 Å². The summed E-state index contributed by atoms with van der Waals surface area (Å²) in [6.07, 6.45) is 1.26. The number of esters is 1. The fraction of sp³-hybridized carbons (Fsp3) is 0.667. The molecule has 7 heteroatoms. The van der Waals surface area contributed by atoms with Crippen LogP contribution in [-0.2, 0) is 14.3 Å². The fourth-order valence-corrected chi connectivity index (χ4v) is 1.43. The van der Waals surface area contributed by atoms with Gasteiger partial charge in [0.25, 0.3) is 0 Å². The maximum atomic E-state index is 11.0. The smallest absolute Gasteiger partial charge is 0.375 e. The number of nitrogens with one attached hydrogen (secondary N) is 2. The van der Waals surface area contributed by atoms with Crippen molar-refractivity contribution in [2.45, 2.75) is 25.3 Å². The van der Waals surface area contributed by atoms with Crippen molar-refractivity contribution in [2.24, 2.45) is 0 Å². The van der Waals surface area contributed by atoms with Gasteiger partial charge in [-0.25, -0.2) is 9.59 Å². The first-order valence-corrected chi connectivity index (χ1v) is 5.52. The van der Waals surface area contributed by atoms with Crippen LogP contribution in [0.4, 0.5) is 4.79 Å². The highest BCUT2D eigenvalue weighted by Crippen LogP contribution is 2.08. The summed E-state index contributed by atoms with van der Waals surface area (Å²) in [7, 11) is 0. The number of cyclic esters (lactones) is 2. The average Bonchev–Trinajstić information content (AvgIpc) is 2.56. The Morgan fingerprint density at radius 2 is 2.19 bits per heavy atom. The van der Waals surface area contributed by atoms with E-state index < -0.39 is 18.1 Å². The Morgan fingerprint density at radius 1 is 1.44 bits per heavy atom. The monoisotopic (exact) mass is 248 g/mol. The number of unbranched alkanes of at least 4 members (excludes halogenated alkanes) is 1. The Bertz CT molecular complexity index is 295. The summed E-state index contributed by atoms with van der Waals surface area (Å²) in [4.78, 5) is 32.4. The molecule has 0 aromatic rings. The molecule has 16 heavy (non-hydrogen) atoms. The molecule has 0 aliphatic carbocycles. The highest BCUT2D eigenvalue weighted by atomic mass is 35.5. The van der Waals surface area contributed by atoms with Crippen molar-refractivity contribution in [3.05, 3.63) is 0 Å². The normalized spacial score (nSPS) is 19.2. The molecule has 0 unspecified atom stereocenters. The molecule has 2 N–H and O–H groups in total. The summed E-state index contributed by atoms with van der Waals surface area (Å²) in [5, 5.41) is 5.00. The van der Waals surface area contributed by atoms with Crippen molar-refractivity contribution >= 4 is 29.6 Å². The molecule has 90 valence electrons. The maximum Gasteiger partial charge on any atom is 0.415 e. The van der Waals surface area contributed by atoms with Crippen LogP contribution in [0.25, 0.3) is 0 Å². The SMILES string of the molecule is O=C(CCl)NCCCC[C@@H]1NC(=O)OC1=O. The van der Waals surface area contributed by atoms with E-state index in [0.717, 1.165) is 6.42 Å². The lowest BCUT2D eigenvalue weighted by Gasteiger charge is -2.05. The third-order valence-corrected chi connectivity index (χ3v) is 2.38. The molecule has 0 bridgehead atoms.